The Bertz CT molecular complexity index is 2870. The van der Waals surface area contributed by atoms with Gasteiger partial charge in [-0.1, -0.05) is 158 Å². The van der Waals surface area contributed by atoms with Gasteiger partial charge in [0.05, 0.1) is 16.1 Å². The van der Waals surface area contributed by atoms with E-state index in [4.69, 9.17) is 0 Å². The highest BCUT2D eigenvalue weighted by Crippen LogP contribution is 2.48. The van der Waals surface area contributed by atoms with Crippen molar-refractivity contribution in [3.63, 3.8) is 0 Å². The van der Waals surface area contributed by atoms with Gasteiger partial charge in [0.15, 0.2) is 0 Å². The lowest BCUT2D eigenvalue weighted by Gasteiger charge is -2.28. The molecule has 234 valence electrons. The molecule has 1 nitrogen and oxygen atoms in total. The first-order valence-corrected chi connectivity index (χ1v) is 17.9. The van der Waals surface area contributed by atoms with Crippen LogP contribution in [0.4, 0.5) is 17.1 Å². The van der Waals surface area contributed by atoms with E-state index in [1.54, 1.807) is 0 Å². The van der Waals surface area contributed by atoms with Crippen LogP contribution >= 0.6 is 11.3 Å². The third-order valence-electron chi connectivity index (χ3n) is 10.0. The van der Waals surface area contributed by atoms with E-state index in [-0.39, 0.29) is 0 Å². The summed E-state index contributed by atoms with van der Waals surface area (Å²) in [6, 6.07) is 68.7. The zero-order valence-corrected chi connectivity index (χ0v) is 28.1. The third-order valence-corrected chi connectivity index (χ3v) is 11.2. The van der Waals surface area contributed by atoms with Crippen molar-refractivity contribution in [2.24, 2.45) is 0 Å². The lowest BCUT2D eigenvalue weighted by Crippen LogP contribution is -2.10. The molecule has 10 rings (SSSR count). The average molecular weight is 654 g/mol. The summed E-state index contributed by atoms with van der Waals surface area (Å²) in [5, 5.41) is 10.2. The van der Waals surface area contributed by atoms with Crippen LogP contribution in [-0.2, 0) is 0 Å². The monoisotopic (exact) mass is 653 g/mol. The first-order valence-electron chi connectivity index (χ1n) is 17.1. The van der Waals surface area contributed by atoms with Crippen molar-refractivity contribution in [3.8, 4) is 22.3 Å². The molecule has 0 amide bonds. The first kappa shape index (κ1) is 28.8. The van der Waals surface area contributed by atoms with Crippen LogP contribution in [-0.4, -0.2) is 0 Å². The van der Waals surface area contributed by atoms with E-state index in [0.717, 1.165) is 11.4 Å². The number of anilines is 3. The zero-order chi connectivity index (χ0) is 33.0. The summed E-state index contributed by atoms with van der Waals surface area (Å²) in [5.74, 6) is 0. The van der Waals surface area contributed by atoms with E-state index < -0.39 is 0 Å². The molecule has 0 saturated heterocycles. The average Bonchev–Trinajstić information content (AvgIpc) is 3.58. The Kier molecular flexibility index (Phi) is 6.75. The van der Waals surface area contributed by atoms with E-state index in [2.05, 4.69) is 193 Å². The Balaban J connectivity index is 1.24. The summed E-state index contributed by atoms with van der Waals surface area (Å²) in [6.07, 6.45) is 0. The second-order valence-electron chi connectivity index (χ2n) is 12.9. The Morgan fingerprint density at radius 3 is 1.78 bits per heavy atom. The first-order chi connectivity index (χ1) is 24.8. The second-order valence-corrected chi connectivity index (χ2v) is 13.9. The molecule has 50 heavy (non-hydrogen) atoms. The maximum absolute atomic E-state index is 2.48. The number of hydrogen-bond acceptors (Lipinski definition) is 2. The van der Waals surface area contributed by atoms with Gasteiger partial charge < -0.3 is 4.90 Å². The van der Waals surface area contributed by atoms with Crippen LogP contribution in [0.2, 0.25) is 0 Å². The largest absolute Gasteiger partial charge is 0.308 e. The second kappa shape index (κ2) is 11.7. The molecule has 0 aliphatic rings. The zero-order valence-electron chi connectivity index (χ0n) is 27.3. The van der Waals surface area contributed by atoms with Crippen LogP contribution in [0.15, 0.2) is 188 Å². The molecule has 2 heteroatoms. The van der Waals surface area contributed by atoms with Crippen LogP contribution in [0.3, 0.4) is 0 Å². The summed E-state index contributed by atoms with van der Waals surface area (Å²) in [7, 11) is 0. The fourth-order valence-corrected chi connectivity index (χ4v) is 9.01. The van der Waals surface area contributed by atoms with E-state index in [1.165, 1.54) is 80.4 Å². The van der Waals surface area contributed by atoms with Gasteiger partial charge in [-0.15, -0.1) is 11.3 Å². The molecular formula is C48H31NS. The van der Waals surface area contributed by atoms with E-state index in [1.807, 2.05) is 11.3 Å². The van der Waals surface area contributed by atoms with Gasteiger partial charge in [-0.05, 0) is 79.5 Å². The fraction of sp³-hybridized carbons (Fsp3) is 0. The molecule has 1 aromatic heterocycles. The van der Waals surface area contributed by atoms with Crippen molar-refractivity contribution in [2.45, 2.75) is 0 Å². The van der Waals surface area contributed by atoms with Crippen molar-refractivity contribution in [1.29, 1.82) is 0 Å². The van der Waals surface area contributed by atoms with E-state index >= 15 is 0 Å². The Morgan fingerprint density at radius 2 is 0.940 bits per heavy atom. The lowest BCUT2D eigenvalue weighted by molar-refractivity contribution is 1.32. The van der Waals surface area contributed by atoms with Crippen LogP contribution in [0, 0.1) is 0 Å². The Morgan fingerprint density at radius 1 is 0.360 bits per heavy atom. The normalized spacial score (nSPS) is 11.6. The van der Waals surface area contributed by atoms with E-state index in [0.29, 0.717) is 0 Å². The smallest absolute Gasteiger partial charge is 0.0640 e. The van der Waals surface area contributed by atoms with Crippen molar-refractivity contribution in [3.05, 3.63) is 188 Å². The Hall–Kier alpha value is -6.22. The summed E-state index contributed by atoms with van der Waals surface area (Å²) in [5.41, 5.74) is 8.37. The van der Waals surface area contributed by atoms with E-state index in [9.17, 15) is 0 Å². The molecule has 0 aliphatic carbocycles. The van der Waals surface area contributed by atoms with Crippen LogP contribution in [0.1, 0.15) is 0 Å². The highest BCUT2D eigenvalue weighted by Gasteiger charge is 2.21. The van der Waals surface area contributed by atoms with Crippen LogP contribution < -0.4 is 4.90 Å². The predicted molar refractivity (Wildman–Crippen MR) is 217 cm³/mol. The summed E-state index contributed by atoms with van der Waals surface area (Å²) >= 11 is 1.89. The van der Waals surface area contributed by atoms with Crippen LogP contribution in [0.25, 0.3) is 74.7 Å². The summed E-state index contributed by atoms with van der Waals surface area (Å²) in [6.45, 7) is 0. The SMILES string of the molecule is c1ccc(-c2cccc3cccc(-c4cccc(N(c5cccc6ccccc56)c5cccc6c5sc5ccc7ccccc7c56)c4)c23)cc1. The fourth-order valence-electron chi connectivity index (χ4n) is 7.79. The molecule has 0 aliphatic heterocycles. The number of rotatable bonds is 5. The van der Waals surface area contributed by atoms with Crippen molar-refractivity contribution < 1.29 is 0 Å². The van der Waals surface area contributed by atoms with Crippen molar-refractivity contribution in [2.75, 3.05) is 4.90 Å². The molecule has 0 fully saturated rings. The molecule has 0 N–H and O–H groups in total. The molecule has 0 saturated carbocycles. The van der Waals surface area contributed by atoms with Gasteiger partial charge in [-0.3, -0.25) is 0 Å². The number of fused-ring (bicyclic) bond motifs is 7. The molecule has 9 aromatic carbocycles. The molecular weight excluding hydrogens is 623 g/mol. The van der Waals surface area contributed by atoms with Crippen molar-refractivity contribution >= 4 is 80.9 Å². The van der Waals surface area contributed by atoms with Gasteiger partial charge in [0.1, 0.15) is 0 Å². The topological polar surface area (TPSA) is 3.24 Å². The molecule has 0 atom stereocenters. The highest BCUT2D eigenvalue weighted by molar-refractivity contribution is 7.26. The molecule has 0 unspecified atom stereocenters. The van der Waals surface area contributed by atoms with Gasteiger partial charge in [-0.25, -0.2) is 0 Å². The molecule has 0 spiro atoms. The predicted octanol–water partition coefficient (Wildman–Crippen LogP) is 14.3. The summed E-state index contributed by atoms with van der Waals surface area (Å²) < 4.78 is 2.59. The molecule has 0 radical (unpaired) electrons. The number of hydrogen-bond donors (Lipinski definition) is 0. The highest BCUT2D eigenvalue weighted by atomic mass is 32.1. The molecule has 1 heterocycles. The lowest BCUT2D eigenvalue weighted by atomic mass is 9.91. The summed E-state index contributed by atoms with van der Waals surface area (Å²) in [4.78, 5) is 2.48. The van der Waals surface area contributed by atoms with Gasteiger partial charge in [0, 0.05) is 26.5 Å². The maximum atomic E-state index is 2.48. The molecule has 0 bridgehead atoms. The molecule has 10 aromatic rings. The van der Waals surface area contributed by atoms with Crippen molar-refractivity contribution in [1.82, 2.24) is 0 Å². The number of benzene rings is 9. The Labute approximate surface area is 294 Å². The number of nitrogens with zero attached hydrogens (tertiary/aromatic N) is 1. The minimum Gasteiger partial charge on any atom is -0.308 e. The standard InChI is InChI=1S/C48H31NS/c1-2-13-33(14-3-1)39-24-9-18-35-19-10-25-41(46(35)39)36-20-8-21-37(31-36)49(43-27-11-17-32-15-4-6-22-38(32)43)44-28-12-26-42-47-40-23-7-5-16-34(40)29-30-45(47)50-48(42)44/h1-31H. The van der Waals surface area contributed by atoms with Gasteiger partial charge in [-0.2, -0.15) is 0 Å². The maximum Gasteiger partial charge on any atom is 0.0640 e. The minimum atomic E-state index is 1.13. The quantitative estimate of drug-likeness (QED) is 0.179. The third kappa shape index (κ3) is 4.61. The van der Waals surface area contributed by atoms with Gasteiger partial charge in [0.25, 0.3) is 0 Å². The van der Waals surface area contributed by atoms with Gasteiger partial charge >= 0.3 is 0 Å². The minimum absolute atomic E-state index is 1.13. The number of thiophene rings is 1. The van der Waals surface area contributed by atoms with Gasteiger partial charge in [0.2, 0.25) is 0 Å². The van der Waals surface area contributed by atoms with Crippen LogP contribution in [0.5, 0.6) is 0 Å².